The summed E-state index contributed by atoms with van der Waals surface area (Å²) in [5.74, 6) is 3.06. The number of rotatable bonds is 2. The van der Waals surface area contributed by atoms with E-state index in [-0.39, 0.29) is 6.10 Å². The quantitative estimate of drug-likeness (QED) is 0.190. The molecule has 9 nitrogen and oxygen atoms in total. The number of H-pyrrole nitrogens is 2. The maximum Gasteiger partial charge on any atom is 0.164 e. The Kier molecular flexibility index (Phi) is 5.88. The molecule has 0 fully saturated rings. The maximum absolute atomic E-state index is 6.77. The fourth-order valence-corrected chi connectivity index (χ4v) is 7.38. The lowest BCUT2D eigenvalue weighted by Gasteiger charge is -2.21. The summed E-state index contributed by atoms with van der Waals surface area (Å²) in [7, 11) is 0. The molecule has 1 aliphatic carbocycles. The molecule has 2 aliphatic heterocycles. The van der Waals surface area contributed by atoms with E-state index in [4.69, 9.17) is 34.6 Å². The smallest absolute Gasteiger partial charge is 0.164 e. The van der Waals surface area contributed by atoms with Gasteiger partial charge in [-0.3, -0.25) is 0 Å². The molecule has 0 amide bonds. The van der Waals surface area contributed by atoms with Crippen molar-refractivity contribution >= 4 is 50.2 Å². The predicted molar refractivity (Wildman–Crippen MR) is 200 cm³/mol. The van der Waals surface area contributed by atoms with Crippen LogP contribution in [-0.4, -0.2) is 39.9 Å². The molecule has 0 saturated carbocycles. The van der Waals surface area contributed by atoms with Crippen molar-refractivity contribution in [2.45, 2.75) is 12.5 Å². The van der Waals surface area contributed by atoms with Crippen LogP contribution in [0.15, 0.2) is 121 Å². The van der Waals surface area contributed by atoms with Crippen LogP contribution in [0.3, 0.4) is 0 Å². The zero-order valence-corrected chi connectivity index (χ0v) is 27.0. The normalized spacial score (nSPS) is 14.3. The Bertz CT molecular complexity index is 2960. The van der Waals surface area contributed by atoms with E-state index in [9.17, 15) is 0 Å². The van der Waals surface area contributed by atoms with Gasteiger partial charge in [-0.2, -0.15) is 0 Å². The Balaban J connectivity index is 1.22. The number of hydrogen-bond acceptors (Lipinski definition) is 7. The highest BCUT2D eigenvalue weighted by Gasteiger charge is 2.28. The first kappa shape index (κ1) is 27.9. The van der Waals surface area contributed by atoms with Gasteiger partial charge in [-0.25, -0.2) is 29.9 Å². The van der Waals surface area contributed by atoms with Gasteiger partial charge in [-0.05, 0) is 22.9 Å². The van der Waals surface area contributed by atoms with E-state index >= 15 is 0 Å². The van der Waals surface area contributed by atoms with E-state index in [0.717, 1.165) is 60.7 Å². The van der Waals surface area contributed by atoms with Crippen molar-refractivity contribution in [1.29, 1.82) is 0 Å². The summed E-state index contributed by atoms with van der Waals surface area (Å²) in [4.78, 5) is 37.7. The number of aromatic amines is 2. The van der Waals surface area contributed by atoms with Crippen LogP contribution in [0.2, 0.25) is 0 Å². The zero-order valence-electron chi connectivity index (χ0n) is 27.0. The highest BCUT2D eigenvalue weighted by molar-refractivity contribution is 6.05. The molecule has 5 heterocycles. The molecule has 1 atom stereocenters. The van der Waals surface area contributed by atoms with Crippen molar-refractivity contribution < 1.29 is 4.74 Å². The molecule has 3 aliphatic rings. The molecule has 2 N–H and O–H groups in total. The lowest BCUT2D eigenvalue weighted by Crippen LogP contribution is -2.10. The van der Waals surface area contributed by atoms with Crippen molar-refractivity contribution in [3.63, 3.8) is 0 Å². The van der Waals surface area contributed by atoms with Gasteiger partial charge in [0.15, 0.2) is 23.3 Å². The molecule has 0 radical (unpaired) electrons. The van der Waals surface area contributed by atoms with Gasteiger partial charge in [0.1, 0.15) is 34.4 Å². The molecule has 240 valence electrons. The molecule has 11 rings (SSSR count). The molecule has 0 saturated heterocycles. The minimum Gasteiger partial charge on any atom is -0.485 e. The highest BCUT2D eigenvalue weighted by Crippen LogP contribution is 2.40. The van der Waals surface area contributed by atoms with E-state index in [1.54, 1.807) is 0 Å². The molecule has 1 unspecified atom stereocenters. The van der Waals surface area contributed by atoms with Crippen molar-refractivity contribution in [2.24, 2.45) is 0 Å². The van der Waals surface area contributed by atoms with E-state index in [1.165, 1.54) is 0 Å². The van der Waals surface area contributed by atoms with Gasteiger partial charge in [0.25, 0.3) is 0 Å². The molecule has 3 aromatic heterocycles. The number of nitrogens with one attached hydrogen (secondary N) is 2. The largest absolute Gasteiger partial charge is 0.485 e. The van der Waals surface area contributed by atoms with Crippen LogP contribution in [0.1, 0.15) is 23.7 Å². The number of aromatic nitrogens is 8. The number of hydrogen-bond donors (Lipinski definition) is 2. The first-order valence-electron chi connectivity index (χ1n) is 16.9. The lowest BCUT2D eigenvalue weighted by molar-refractivity contribution is 0.210. The first-order chi connectivity index (χ1) is 25.2. The van der Waals surface area contributed by atoms with Crippen LogP contribution in [-0.2, 0) is 0 Å². The summed E-state index contributed by atoms with van der Waals surface area (Å²) >= 11 is 0. The van der Waals surface area contributed by atoms with Crippen molar-refractivity contribution in [3.8, 4) is 51.3 Å². The van der Waals surface area contributed by atoms with Crippen molar-refractivity contribution in [1.82, 2.24) is 39.9 Å². The number of nitrogens with zero attached hydrogens (tertiary/aromatic N) is 6. The molecule has 51 heavy (non-hydrogen) atoms. The zero-order chi connectivity index (χ0) is 33.5. The van der Waals surface area contributed by atoms with Gasteiger partial charge >= 0.3 is 0 Å². The van der Waals surface area contributed by atoms with E-state index in [2.05, 4.69) is 46.4 Å². The van der Waals surface area contributed by atoms with Gasteiger partial charge < -0.3 is 14.7 Å². The second kappa shape index (κ2) is 10.8. The van der Waals surface area contributed by atoms with E-state index in [0.29, 0.717) is 52.3 Å². The van der Waals surface area contributed by atoms with Crippen LogP contribution in [0.5, 0.6) is 5.75 Å². The number of fused-ring (bicyclic) bond motifs is 21. The molecule has 8 aromatic rings. The lowest BCUT2D eigenvalue weighted by atomic mass is 9.98. The third-order valence-electron chi connectivity index (χ3n) is 9.78. The van der Waals surface area contributed by atoms with Crippen LogP contribution in [0, 0.1) is 0 Å². The summed E-state index contributed by atoms with van der Waals surface area (Å²) in [6.07, 6.45) is 4.57. The highest BCUT2D eigenvalue weighted by atomic mass is 16.5. The second-order valence-corrected chi connectivity index (χ2v) is 12.8. The Labute approximate surface area is 290 Å². The monoisotopic (exact) mass is 658 g/mol. The van der Waals surface area contributed by atoms with Gasteiger partial charge in [-0.1, -0.05) is 115 Å². The summed E-state index contributed by atoms with van der Waals surface area (Å²) in [6.45, 7) is 0. The molecule has 8 bridgehead atoms. The Morgan fingerprint density at radius 2 is 1.00 bits per heavy atom. The molecular weight excluding hydrogens is 633 g/mol. The topological polar surface area (TPSA) is 118 Å². The van der Waals surface area contributed by atoms with Crippen LogP contribution >= 0.6 is 0 Å². The predicted octanol–water partition coefficient (Wildman–Crippen LogP) is 9.41. The SMILES string of the molecule is C1=Cc2c(c3nc4nc(nc5[nH]c(nc6nc(nc2[nH]3)-c2ccccc2-6)c2ccccc52)-c2ccccc2-4)C(Oc2ccc3ccccc3c2)C1. The number of benzene rings is 5. The molecule has 5 aromatic carbocycles. The fourth-order valence-electron chi connectivity index (χ4n) is 7.38. The van der Waals surface area contributed by atoms with Gasteiger partial charge in [0.05, 0.1) is 0 Å². The van der Waals surface area contributed by atoms with Gasteiger partial charge in [0, 0.05) is 50.6 Å². The summed E-state index contributed by atoms with van der Waals surface area (Å²) < 4.78 is 6.77. The molecule has 9 heteroatoms. The Hall–Kier alpha value is -7.00. The van der Waals surface area contributed by atoms with Crippen molar-refractivity contribution in [3.05, 3.63) is 132 Å². The van der Waals surface area contributed by atoms with Crippen LogP contribution in [0.25, 0.3) is 95.8 Å². The third kappa shape index (κ3) is 4.41. The third-order valence-corrected chi connectivity index (χ3v) is 9.78. The number of ether oxygens (including phenoxy) is 1. The fraction of sp³-hybridized carbons (Fsp3) is 0.0476. The van der Waals surface area contributed by atoms with Crippen molar-refractivity contribution in [2.75, 3.05) is 0 Å². The summed E-state index contributed by atoms with van der Waals surface area (Å²) in [5, 5.41) is 4.16. The molecular formula is C42H26N8O. The Morgan fingerprint density at radius 1 is 0.490 bits per heavy atom. The average Bonchev–Trinajstić information content (AvgIpc) is 3.91. The molecule has 0 spiro atoms. The second-order valence-electron chi connectivity index (χ2n) is 12.8. The standard InChI is InChI=1S/C42H26N8O/c1-2-11-24-22-25(21-20-23(24)10-1)51-33-19-9-18-32-34(33)42-49-40-31-17-8-7-16-30(31)38(47-40)45-36-27-13-4-3-12-26(27)35(43-36)44-37-28-14-5-6-15-29(28)39(46-37)48-41(32)50-42/h1-18,20-22,33H,19H2,(H2,43,44,45,46,47,48,49,50). The summed E-state index contributed by atoms with van der Waals surface area (Å²) in [6, 6.07) is 38.7. The maximum atomic E-state index is 6.77. The first-order valence-corrected chi connectivity index (χ1v) is 16.9. The minimum atomic E-state index is -0.323. The average molecular weight is 659 g/mol. The summed E-state index contributed by atoms with van der Waals surface area (Å²) in [5.41, 5.74) is 8.04. The van der Waals surface area contributed by atoms with Gasteiger partial charge in [-0.15, -0.1) is 0 Å². The van der Waals surface area contributed by atoms with Crippen LogP contribution in [0.4, 0.5) is 0 Å². The minimum absolute atomic E-state index is 0.323. The van der Waals surface area contributed by atoms with Gasteiger partial charge in [0.2, 0.25) is 0 Å². The Morgan fingerprint density at radius 3 is 1.63 bits per heavy atom. The van der Waals surface area contributed by atoms with E-state index < -0.39 is 0 Å². The van der Waals surface area contributed by atoms with Crippen LogP contribution < -0.4 is 4.74 Å². The van der Waals surface area contributed by atoms with E-state index in [1.807, 2.05) is 91.0 Å².